The van der Waals surface area contributed by atoms with Gasteiger partial charge < -0.3 is 9.64 Å². The predicted octanol–water partition coefficient (Wildman–Crippen LogP) is 1.79. The largest absolute Gasteiger partial charge is 0.460 e. The minimum atomic E-state index is -0.233. The monoisotopic (exact) mass is 220 g/mol. The molecule has 0 N–H and O–H groups in total. The van der Waals surface area contributed by atoms with Crippen LogP contribution in [0.2, 0.25) is 0 Å². The summed E-state index contributed by atoms with van der Waals surface area (Å²) < 4.78 is 5.60. The highest BCUT2D eigenvalue weighted by Gasteiger charge is 2.34. The molecule has 16 heavy (non-hydrogen) atoms. The van der Waals surface area contributed by atoms with Gasteiger partial charge in [0, 0.05) is 19.4 Å². The number of carbonyl (C=O) groups excluding carboxylic acids is 1. The van der Waals surface area contributed by atoms with Gasteiger partial charge in [-0.05, 0) is 24.8 Å². The van der Waals surface area contributed by atoms with Crippen molar-refractivity contribution in [3.05, 3.63) is 11.3 Å². The molecular formula is C12H16N2O2. The fourth-order valence-electron chi connectivity index (χ4n) is 2.26. The Balaban J connectivity index is 2.16. The second-order valence-electron chi connectivity index (χ2n) is 4.52. The molecule has 2 heterocycles. The number of amides is 1. The van der Waals surface area contributed by atoms with Crippen LogP contribution in [-0.2, 0) is 9.53 Å². The Labute approximate surface area is 95.5 Å². The van der Waals surface area contributed by atoms with Crippen LogP contribution in [0.25, 0.3) is 0 Å². The van der Waals surface area contributed by atoms with E-state index in [4.69, 9.17) is 10.00 Å². The van der Waals surface area contributed by atoms with Gasteiger partial charge in [-0.3, -0.25) is 4.79 Å². The van der Waals surface area contributed by atoms with Crippen LogP contribution < -0.4 is 0 Å². The third-order valence-corrected chi connectivity index (χ3v) is 3.47. The molecule has 2 aliphatic heterocycles. The molecule has 1 amide bonds. The summed E-state index contributed by atoms with van der Waals surface area (Å²) in [6, 6.07) is 2.07. The molecule has 0 unspecified atom stereocenters. The average Bonchev–Trinajstić information content (AvgIpc) is 2.68. The highest BCUT2D eigenvalue weighted by molar-refractivity contribution is 5.78. The van der Waals surface area contributed by atoms with Crippen LogP contribution in [0.5, 0.6) is 0 Å². The molecule has 0 aromatic rings. The van der Waals surface area contributed by atoms with Crippen molar-refractivity contribution in [1.82, 2.24) is 4.90 Å². The maximum Gasteiger partial charge on any atom is 0.225 e. The lowest BCUT2D eigenvalue weighted by Crippen LogP contribution is -2.41. The van der Waals surface area contributed by atoms with Crippen LogP contribution in [0.4, 0.5) is 0 Å². The Hall–Kier alpha value is -1.50. The van der Waals surface area contributed by atoms with Crippen LogP contribution in [0.3, 0.4) is 0 Å². The first kappa shape index (κ1) is 11.0. The summed E-state index contributed by atoms with van der Waals surface area (Å²) in [7, 11) is 0. The Bertz CT molecular complexity index is 381. The average molecular weight is 220 g/mol. The first-order valence-electron chi connectivity index (χ1n) is 5.70. The summed E-state index contributed by atoms with van der Waals surface area (Å²) in [4.78, 5) is 13.4. The molecular weight excluding hydrogens is 204 g/mol. The Morgan fingerprint density at radius 3 is 2.88 bits per heavy atom. The third-order valence-electron chi connectivity index (χ3n) is 3.47. The van der Waals surface area contributed by atoms with E-state index in [0.29, 0.717) is 18.1 Å². The van der Waals surface area contributed by atoms with Gasteiger partial charge in [-0.25, -0.2) is 0 Å². The first-order valence-corrected chi connectivity index (χ1v) is 5.70. The Morgan fingerprint density at radius 2 is 2.31 bits per heavy atom. The molecule has 0 saturated carbocycles. The standard InChI is InChI=1S/C12H16N2O2/c1-8-6-12(14-5-3-4-11(14)15)16-10(7-13)9(8)2/h8,12H,3-6H2,1-2H3/t8-,12+/m0/s1. The zero-order valence-electron chi connectivity index (χ0n) is 9.69. The van der Waals surface area contributed by atoms with E-state index in [-0.39, 0.29) is 12.1 Å². The van der Waals surface area contributed by atoms with Crippen LogP contribution in [0.1, 0.15) is 33.1 Å². The minimum Gasteiger partial charge on any atom is -0.460 e. The molecule has 4 nitrogen and oxygen atoms in total. The summed E-state index contributed by atoms with van der Waals surface area (Å²) in [6.07, 6.45) is 2.07. The minimum absolute atomic E-state index is 0.147. The lowest BCUT2D eigenvalue weighted by molar-refractivity contribution is -0.139. The summed E-state index contributed by atoms with van der Waals surface area (Å²) >= 11 is 0. The molecule has 0 bridgehead atoms. The van der Waals surface area contributed by atoms with Crippen LogP contribution in [0, 0.1) is 17.2 Å². The van der Waals surface area contributed by atoms with Crippen LogP contribution in [-0.4, -0.2) is 23.6 Å². The second kappa shape index (κ2) is 4.17. The number of hydrogen-bond donors (Lipinski definition) is 0. The van der Waals surface area contributed by atoms with E-state index in [9.17, 15) is 4.79 Å². The lowest BCUT2D eigenvalue weighted by Gasteiger charge is -2.34. The fraction of sp³-hybridized carbons (Fsp3) is 0.667. The maximum atomic E-state index is 11.6. The van der Waals surface area contributed by atoms with Gasteiger partial charge >= 0.3 is 0 Å². The number of allylic oxidation sites excluding steroid dienone is 2. The van der Waals surface area contributed by atoms with E-state index in [1.165, 1.54) is 0 Å². The molecule has 0 radical (unpaired) electrons. The molecule has 2 aliphatic rings. The zero-order chi connectivity index (χ0) is 11.7. The molecule has 0 spiro atoms. The van der Waals surface area contributed by atoms with Crippen molar-refractivity contribution in [1.29, 1.82) is 5.26 Å². The van der Waals surface area contributed by atoms with Gasteiger partial charge in [0.1, 0.15) is 6.07 Å². The number of nitriles is 1. The summed E-state index contributed by atoms with van der Waals surface area (Å²) in [5.41, 5.74) is 0.991. The third kappa shape index (κ3) is 1.78. The fourth-order valence-corrected chi connectivity index (χ4v) is 2.26. The second-order valence-corrected chi connectivity index (χ2v) is 4.52. The molecule has 4 heteroatoms. The number of carbonyl (C=O) groups is 1. The highest BCUT2D eigenvalue weighted by atomic mass is 16.5. The Morgan fingerprint density at radius 1 is 1.56 bits per heavy atom. The topological polar surface area (TPSA) is 53.3 Å². The quantitative estimate of drug-likeness (QED) is 0.677. The van der Waals surface area contributed by atoms with Crippen molar-refractivity contribution >= 4 is 5.91 Å². The summed E-state index contributed by atoms with van der Waals surface area (Å²) in [6.45, 7) is 4.75. The van der Waals surface area contributed by atoms with Crippen molar-refractivity contribution in [2.45, 2.75) is 39.3 Å². The molecule has 1 fully saturated rings. The molecule has 86 valence electrons. The van der Waals surface area contributed by atoms with E-state index in [1.807, 2.05) is 6.92 Å². The maximum absolute atomic E-state index is 11.6. The van der Waals surface area contributed by atoms with E-state index in [2.05, 4.69) is 13.0 Å². The normalized spacial score (nSPS) is 30.3. The van der Waals surface area contributed by atoms with E-state index < -0.39 is 0 Å². The smallest absolute Gasteiger partial charge is 0.225 e. The molecule has 2 atom stereocenters. The van der Waals surface area contributed by atoms with E-state index in [1.54, 1.807) is 4.90 Å². The van der Waals surface area contributed by atoms with E-state index in [0.717, 1.165) is 25.0 Å². The Kier molecular flexibility index (Phi) is 2.86. The van der Waals surface area contributed by atoms with E-state index >= 15 is 0 Å². The SMILES string of the molecule is CC1=C(C#N)O[C@@H](N2CCCC2=O)C[C@@H]1C. The lowest BCUT2D eigenvalue weighted by atomic mass is 9.94. The van der Waals surface area contributed by atoms with Crippen LogP contribution in [0.15, 0.2) is 11.3 Å². The van der Waals surface area contributed by atoms with Crippen molar-refractivity contribution in [3.63, 3.8) is 0 Å². The van der Waals surface area contributed by atoms with Crippen LogP contribution >= 0.6 is 0 Å². The van der Waals surface area contributed by atoms with Gasteiger partial charge in [0.05, 0.1) is 0 Å². The molecule has 1 saturated heterocycles. The zero-order valence-corrected chi connectivity index (χ0v) is 9.69. The van der Waals surface area contributed by atoms with Gasteiger partial charge in [0.2, 0.25) is 5.91 Å². The van der Waals surface area contributed by atoms with Crippen molar-refractivity contribution in [2.75, 3.05) is 6.54 Å². The number of likely N-dealkylation sites (tertiary alicyclic amines) is 1. The predicted molar refractivity (Wildman–Crippen MR) is 57.9 cm³/mol. The van der Waals surface area contributed by atoms with Crippen molar-refractivity contribution < 1.29 is 9.53 Å². The highest BCUT2D eigenvalue weighted by Crippen LogP contribution is 2.31. The molecule has 2 rings (SSSR count). The molecule has 0 aliphatic carbocycles. The van der Waals surface area contributed by atoms with Crippen molar-refractivity contribution in [2.24, 2.45) is 5.92 Å². The number of nitrogens with zero attached hydrogens (tertiary/aromatic N) is 2. The van der Waals surface area contributed by atoms with Gasteiger partial charge in [-0.2, -0.15) is 5.26 Å². The summed E-state index contributed by atoms with van der Waals surface area (Å²) in [5, 5.41) is 8.97. The first-order chi connectivity index (χ1) is 7.63. The molecule has 0 aromatic heterocycles. The molecule has 0 aromatic carbocycles. The van der Waals surface area contributed by atoms with Gasteiger partial charge in [-0.1, -0.05) is 6.92 Å². The van der Waals surface area contributed by atoms with Gasteiger partial charge in [-0.15, -0.1) is 0 Å². The number of rotatable bonds is 1. The van der Waals surface area contributed by atoms with Crippen molar-refractivity contribution in [3.8, 4) is 6.07 Å². The van der Waals surface area contributed by atoms with Gasteiger partial charge in [0.15, 0.2) is 12.0 Å². The summed E-state index contributed by atoms with van der Waals surface area (Å²) in [5.74, 6) is 0.847. The number of ether oxygens (including phenoxy) is 1. The number of hydrogen-bond acceptors (Lipinski definition) is 3. The van der Waals surface area contributed by atoms with Gasteiger partial charge in [0.25, 0.3) is 0 Å².